The molecule has 0 saturated carbocycles. The molecule has 2 aromatic carbocycles. The Labute approximate surface area is 413 Å². The van der Waals surface area contributed by atoms with Crippen LogP contribution in [-0.4, -0.2) is 134 Å². The minimum atomic E-state index is -1.94. The number of benzene rings is 2. The molecule has 2 amide bonds. The second-order valence-corrected chi connectivity index (χ2v) is 20.3. The molecule has 0 radical (unpaired) electrons. The van der Waals surface area contributed by atoms with E-state index in [-0.39, 0.29) is 80.5 Å². The molecule has 18 heteroatoms. The number of anilines is 2. The molecule has 18 nitrogen and oxygen atoms in total. The minimum absolute atomic E-state index is 0.0381. The van der Waals surface area contributed by atoms with Crippen LogP contribution in [0.15, 0.2) is 70.7 Å². The number of ketones is 1. The lowest BCUT2D eigenvalue weighted by molar-refractivity contribution is -0.155. The van der Waals surface area contributed by atoms with Gasteiger partial charge in [-0.25, -0.2) is 0 Å². The monoisotopic (exact) mass is 977 g/mol. The zero-order chi connectivity index (χ0) is 50.9. The van der Waals surface area contributed by atoms with Crippen molar-refractivity contribution in [2.75, 3.05) is 56.0 Å². The second kappa shape index (κ2) is 20.8. The summed E-state index contributed by atoms with van der Waals surface area (Å²) in [5.41, 5.74) is 0.403. The van der Waals surface area contributed by atoms with Crippen molar-refractivity contribution in [3.05, 3.63) is 82.5 Å². The maximum Gasteiger partial charge on any atom is 0.315 e. The fourth-order valence-electron chi connectivity index (χ4n) is 10.2. The Hall–Kier alpha value is -6.37. The van der Waals surface area contributed by atoms with Crippen LogP contribution in [0, 0.1) is 24.7 Å². The summed E-state index contributed by atoms with van der Waals surface area (Å²) in [5, 5.41) is 50.2. The van der Waals surface area contributed by atoms with E-state index < -0.39 is 71.4 Å². The number of aliphatic hydroxyl groups excluding tert-OH is 2. The number of ether oxygens (including phenoxy) is 3. The molecular weight excluding hydrogens is 911 g/mol. The molecule has 9 rings (SSSR count). The summed E-state index contributed by atoms with van der Waals surface area (Å²) < 4.78 is 18.3. The summed E-state index contributed by atoms with van der Waals surface area (Å²) in [4.78, 5) is 76.0. The van der Waals surface area contributed by atoms with Crippen LogP contribution in [0.4, 0.5) is 11.4 Å². The SMILES string of the molecule is C/C1=C/C=C/C(C)[C@H](O)[C@@H](C)[C@@H](O)C[C@H](OC(=O)CC(=O)N2CCN(c3ccncc3)CC2)CC/C=C/O[C@@]2(C)Oc3c(C)c(O)c4c(O)c(c5c(c4c3C2=O)=NC2(CCN(CC(C)C)CC2)N=5)NC1=O. The van der Waals surface area contributed by atoms with E-state index in [2.05, 4.69) is 33.9 Å². The Morgan fingerprint density at radius 1 is 0.958 bits per heavy atom. The zero-order valence-corrected chi connectivity index (χ0v) is 41.7. The highest BCUT2D eigenvalue weighted by Crippen LogP contribution is 2.50. The lowest BCUT2D eigenvalue weighted by Gasteiger charge is -2.36. The molecule has 2 fully saturated rings. The topological polar surface area (TPSA) is 236 Å². The third-order valence-corrected chi connectivity index (χ3v) is 14.5. The van der Waals surface area contributed by atoms with Gasteiger partial charge in [0.15, 0.2) is 11.4 Å². The Morgan fingerprint density at radius 2 is 1.65 bits per heavy atom. The highest BCUT2D eigenvalue weighted by molar-refractivity contribution is 6.19. The maximum absolute atomic E-state index is 14.7. The van der Waals surface area contributed by atoms with Crippen LogP contribution in [0.1, 0.15) is 96.0 Å². The van der Waals surface area contributed by atoms with Crippen molar-refractivity contribution in [1.29, 1.82) is 0 Å². The number of amides is 2. The van der Waals surface area contributed by atoms with E-state index >= 15 is 0 Å². The van der Waals surface area contributed by atoms with Gasteiger partial charge in [-0.3, -0.25) is 34.1 Å². The fourth-order valence-corrected chi connectivity index (χ4v) is 10.2. The van der Waals surface area contributed by atoms with Crippen LogP contribution < -0.4 is 25.7 Å². The summed E-state index contributed by atoms with van der Waals surface area (Å²) >= 11 is 0. The first-order valence-electron chi connectivity index (χ1n) is 24.8. The number of aromatic nitrogens is 1. The van der Waals surface area contributed by atoms with Crippen LogP contribution in [-0.2, 0) is 23.9 Å². The van der Waals surface area contributed by atoms with Gasteiger partial charge in [-0.1, -0.05) is 45.9 Å². The van der Waals surface area contributed by atoms with Crippen molar-refractivity contribution in [3.8, 4) is 17.2 Å². The maximum atomic E-state index is 14.7. The fraction of sp³-hybridized carbons (Fsp3) is 0.528. The third kappa shape index (κ3) is 10.5. The molecular formula is C53H67N7O11. The first kappa shape index (κ1) is 51.0. The van der Waals surface area contributed by atoms with Gasteiger partial charge in [0, 0.05) is 118 Å². The van der Waals surface area contributed by atoms with Crippen LogP contribution >= 0.6 is 0 Å². The number of hydrogen-bond donors (Lipinski definition) is 5. The van der Waals surface area contributed by atoms with Gasteiger partial charge in [0.25, 0.3) is 11.7 Å². The van der Waals surface area contributed by atoms with Crippen molar-refractivity contribution in [3.63, 3.8) is 0 Å². The van der Waals surface area contributed by atoms with Crippen molar-refractivity contribution >= 4 is 45.7 Å². The van der Waals surface area contributed by atoms with E-state index in [9.17, 15) is 39.6 Å². The number of esters is 1. The molecule has 1 spiro atoms. The predicted molar refractivity (Wildman–Crippen MR) is 264 cm³/mol. The van der Waals surface area contributed by atoms with Gasteiger partial charge in [-0.15, -0.1) is 0 Å². The molecule has 380 valence electrons. The number of rotatable bonds is 6. The van der Waals surface area contributed by atoms with Crippen LogP contribution in [0.2, 0.25) is 0 Å². The van der Waals surface area contributed by atoms with E-state index in [4.69, 9.17) is 24.2 Å². The second-order valence-electron chi connectivity index (χ2n) is 20.3. The van der Waals surface area contributed by atoms with Crippen molar-refractivity contribution in [1.82, 2.24) is 14.8 Å². The number of Topliss-reactive ketones (excluding diaryl/α,β-unsaturated/α-hetero) is 1. The summed E-state index contributed by atoms with van der Waals surface area (Å²) in [6.07, 6.45) is 9.13. The predicted octanol–water partition coefficient (Wildman–Crippen LogP) is 4.75. The largest absolute Gasteiger partial charge is 0.507 e. The van der Waals surface area contributed by atoms with E-state index in [1.165, 1.54) is 13.2 Å². The summed E-state index contributed by atoms with van der Waals surface area (Å²) in [5.74, 6) is -5.81. The molecule has 5 bridgehead atoms. The number of hydrogen-bond acceptors (Lipinski definition) is 16. The van der Waals surface area contributed by atoms with E-state index in [0.29, 0.717) is 58.0 Å². The quantitative estimate of drug-likeness (QED) is 0.128. The molecule has 0 aliphatic carbocycles. The number of pyridine rings is 1. The van der Waals surface area contributed by atoms with Crippen molar-refractivity contribution in [2.45, 2.75) is 117 Å². The van der Waals surface area contributed by atoms with E-state index in [1.54, 1.807) is 69.3 Å². The van der Waals surface area contributed by atoms with Crippen LogP contribution in [0.5, 0.6) is 17.2 Å². The zero-order valence-electron chi connectivity index (χ0n) is 41.7. The summed E-state index contributed by atoms with van der Waals surface area (Å²) in [6.45, 7) is 16.7. The number of piperidine rings is 1. The number of carbonyl (C=O) groups is 4. The van der Waals surface area contributed by atoms with Gasteiger partial charge >= 0.3 is 11.8 Å². The molecule has 5 N–H and O–H groups in total. The standard InChI is InChI=1S/C53H67N7O11/c1-30(2)29-58-20-16-53(17-21-58)56-43-40-41-47(65)34(6)49-42(40)50(67)52(7,71-49)69-26-9-8-13-36(70-39(63)28-38(62)60-24-22-59(23-25-60)35-14-18-54-19-15-35)27-37(61)33(5)46(64)31(3)11-10-12-32(4)51(68)55-45(48(41)66)44(43)57-53/h9-12,14-15,18-19,26,30-31,33,36-37,46,61,64-66H,8,13,16-17,20-25,27-29H2,1-7H3,(H,55,68)/b11-10+,26-9+,32-12-/t31?,33-,36+,37-,46-,52-/m0/s1. The number of aromatic hydroxyl groups is 2. The van der Waals surface area contributed by atoms with Gasteiger partial charge in [0.05, 0.1) is 34.8 Å². The summed E-state index contributed by atoms with van der Waals surface area (Å²) in [6, 6.07) is 3.81. The first-order chi connectivity index (χ1) is 33.8. The van der Waals surface area contributed by atoms with Gasteiger partial charge in [-0.2, -0.15) is 0 Å². The summed E-state index contributed by atoms with van der Waals surface area (Å²) in [7, 11) is 0. The average molecular weight is 978 g/mol. The Balaban J connectivity index is 1.09. The Bertz CT molecular complexity index is 2780. The number of phenols is 2. The van der Waals surface area contributed by atoms with Crippen LogP contribution in [0.3, 0.4) is 0 Å². The van der Waals surface area contributed by atoms with Gasteiger partial charge in [0.1, 0.15) is 35.1 Å². The molecule has 3 aromatic rings. The Kier molecular flexibility index (Phi) is 14.9. The lowest BCUT2D eigenvalue weighted by Crippen LogP contribution is -2.49. The molecule has 6 atom stereocenters. The number of carbonyl (C=O) groups excluding carboxylic acids is 4. The molecule has 7 heterocycles. The van der Waals surface area contributed by atoms with E-state index in [1.807, 2.05) is 12.1 Å². The number of nitrogens with one attached hydrogen (secondary N) is 1. The molecule has 1 aromatic heterocycles. The number of fused-ring (bicyclic) bond motifs is 13. The highest BCUT2D eigenvalue weighted by Gasteiger charge is 2.50. The number of piperazine rings is 1. The number of aliphatic hydroxyl groups is 2. The molecule has 1 unspecified atom stereocenters. The average Bonchev–Trinajstić information content (AvgIpc) is 3.84. The molecule has 6 aliphatic rings. The van der Waals surface area contributed by atoms with E-state index in [0.717, 1.165) is 12.2 Å². The smallest absolute Gasteiger partial charge is 0.315 e. The third-order valence-electron chi connectivity index (χ3n) is 14.5. The Morgan fingerprint density at radius 3 is 2.34 bits per heavy atom. The number of phenolic OH excluding ortho intramolecular Hbond substituents is 2. The lowest BCUT2D eigenvalue weighted by atomic mass is 9.86. The highest BCUT2D eigenvalue weighted by atomic mass is 16.7. The van der Waals surface area contributed by atoms with Gasteiger partial charge < -0.3 is 54.7 Å². The normalized spacial score (nSPS) is 27.8. The molecule has 6 aliphatic heterocycles. The number of allylic oxidation sites excluding steroid dienone is 3. The van der Waals surface area contributed by atoms with Crippen LogP contribution in [0.25, 0.3) is 10.8 Å². The first-order valence-corrected chi connectivity index (χ1v) is 24.8. The molecule has 71 heavy (non-hydrogen) atoms. The van der Waals surface area contributed by atoms with Crippen molar-refractivity contribution < 1.29 is 53.8 Å². The van der Waals surface area contributed by atoms with Gasteiger partial charge in [-0.05, 0) is 50.8 Å². The van der Waals surface area contributed by atoms with Gasteiger partial charge in [0.2, 0.25) is 5.91 Å². The number of likely N-dealkylation sites (tertiary alicyclic amines) is 1. The van der Waals surface area contributed by atoms with Crippen molar-refractivity contribution in [2.24, 2.45) is 27.7 Å². The number of nitrogens with zero attached hydrogens (tertiary/aromatic N) is 6. The molecule has 2 saturated heterocycles. The minimum Gasteiger partial charge on any atom is -0.507 e.